The van der Waals surface area contributed by atoms with Crippen molar-refractivity contribution in [1.29, 1.82) is 0 Å². The normalized spacial score (nSPS) is 12.3. The average molecular weight is 527 g/mol. The van der Waals surface area contributed by atoms with Gasteiger partial charge in [-0.2, -0.15) is 31.3 Å². The maximum Gasteiger partial charge on any atom is 0.433 e. The Labute approximate surface area is 204 Å². The van der Waals surface area contributed by atoms with Gasteiger partial charge in [0.25, 0.3) is 5.56 Å². The molecule has 8 nitrogen and oxygen atoms in total. The highest BCUT2D eigenvalue weighted by Crippen LogP contribution is 2.33. The van der Waals surface area contributed by atoms with Crippen molar-refractivity contribution in [2.75, 3.05) is 0 Å². The molecule has 0 aliphatic carbocycles. The molecule has 1 aromatic carbocycles. The smallest absolute Gasteiger partial charge is 0.425 e. The fourth-order valence-corrected chi connectivity index (χ4v) is 3.71. The fraction of sp³-hybridized carbons (Fsp3) is 0.304. The van der Waals surface area contributed by atoms with Gasteiger partial charge < -0.3 is 4.74 Å². The van der Waals surface area contributed by atoms with Gasteiger partial charge in [-0.1, -0.05) is 19.1 Å². The predicted octanol–water partition coefficient (Wildman–Crippen LogP) is 4.58. The summed E-state index contributed by atoms with van der Waals surface area (Å²) in [6.07, 6.45) is -7.91. The minimum absolute atomic E-state index is 0.0816. The van der Waals surface area contributed by atoms with Gasteiger partial charge in [0.05, 0.1) is 12.1 Å². The molecule has 0 aliphatic heterocycles. The van der Waals surface area contributed by atoms with Crippen LogP contribution in [0.4, 0.5) is 26.3 Å². The van der Waals surface area contributed by atoms with E-state index in [-0.39, 0.29) is 41.6 Å². The van der Waals surface area contributed by atoms with Crippen molar-refractivity contribution in [3.63, 3.8) is 0 Å². The van der Waals surface area contributed by atoms with Crippen LogP contribution in [0.5, 0.6) is 11.8 Å². The molecule has 0 atom stereocenters. The molecule has 0 saturated carbocycles. The van der Waals surface area contributed by atoms with E-state index in [2.05, 4.69) is 9.97 Å². The van der Waals surface area contributed by atoms with E-state index < -0.39 is 34.9 Å². The lowest BCUT2D eigenvalue weighted by Gasteiger charge is -2.13. The second-order valence-electron chi connectivity index (χ2n) is 8.13. The monoisotopic (exact) mass is 527 g/mol. The number of fused-ring (bicyclic) bond motifs is 1. The molecule has 3 aromatic heterocycles. The Morgan fingerprint density at radius 1 is 0.973 bits per heavy atom. The van der Waals surface area contributed by atoms with Gasteiger partial charge in [-0.05, 0) is 36.2 Å². The van der Waals surface area contributed by atoms with Crippen molar-refractivity contribution in [2.24, 2.45) is 7.05 Å². The zero-order valence-corrected chi connectivity index (χ0v) is 19.4. The summed E-state index contributed by atoms with van der Waals surface area (Å²) in [5.41, 5.74) is -3.51. The van der Waals surface area contributed by atoms with E-state index in [9.17, 15) is 35.9 Å². The van der Waals surface area contributed by atoms with E-state index in [1.807, 2.05) is 0 Å². The van der Waals surface area contributed by atoms with Crippen LogP contribution < -0.4 is 16.0 Å². The van der Waals surface area contributed by atoms with E-state index in [1.54, 1.807) is 6.92 Å². The van der Waals surface area contributed by atoms with Crippen LogP contribution in [-0.2, 0) is 32.5 Å². The molecule has 0 saturated heterocycles. The number of hydrogen-bond donors (Lipinski definition) is 0. The van der Waals surface area contributed by atoms with Gasteiger partial charge in [-0.3, -0.25) is 23.5 Å². The molecule has 0 amide bonds. The number of aryl methyl sites for hydroxylation is 1. The molecular formula is C23H19F6N5O3. The first kappa shape index (κ1) is 26.0. The maximum atomic E-state index is 13.3. The summed E-state index contributed by atoms with van der Waals surface area (Å²) < 4.78 is 87.2. The summed E-state index contributed by atoms with van der Waals surface area (Å²) in [4.78, 5) is 33.6. The van der Waals surface area contributed by atoms with Crippen LogP contribution in [0, 0.1) is 0 Å². The molecule has 0 bridgehead atoms. The summed E-state index contributed by atoms with van der Waals surface area (Å²) in [7, 11) is 1.36. The minimum Gasteiger partial charge on any atom is -0.425 e. The third kappa shape index (κ3) is 5.08. The van der Waals surface area contributed by atoms with Crippen molar-refractivity contribution in [1.82, 2.24) is 23.7 Å². The molecule has 4 rings (SSSR count). The summed E-state index contributed by atoms with van der Waals surface area (Å²) in [5, 5.41) is 0. The number of ether oxygens (including phenoxy) is 1. The van der Waals surface area contributed by atoms with Crippen LogP contribution in [0.25, 0.3) is 11.2 Å². The largest absolute Gasteiger partial charge is 0.433 e. The Kier molecular flexibility index (Phi) is 6.60. The summed E-state index contributed by atoms with van der Waals surface area (Å²) in [5.74, 6) is -0.254. The molecule has 196 valence electrons. The van der Waals surface area contributed by atoms with Crippen LogP contribution >= 0.6 is 0 Å². The van der Waals surface area contributed by atoms with E-state index >= 15 is 0 Å². The number of hydrogen-bond acceptors (Lipinski definition) is 5. The molecule has 0 spiro atoms. The van der Waals surface area contributed by atoms with E-state index in [0.717, 1.165) is 45.7 Å². The second-order valence-corrected chi connectivity index (χ2v) is 8.13. The standard InChI is InChI=1S/C23H19F6N5O3/c1-3-9-33-19(35)17-18(32(2)21(33)36)31-20(37-15-6-4-5-14(10-15)22(24,25)26)34(17)12-13-7-8-16(30-11-13)23(27,28)29/h4-8,10-11H,3,9,12H2,1-2H3. The highest BCUT2D eigenvalue weighted by Gasteiger charge is 2.32. The quantitative estimate of drug-likeness (QED) is 0.343. The van der Waals surface area contributed by atoms with Gasteiger partial charge in [0.1, 0.15) is 11.4 Å². The van der Waals surface area contributed by atoms with Gasteiger partial charge in [0, 0.05) is 19.8 Å². The van der Waals surface area contributed by atoms with Gasteiger partial charge in [0.15, 0.2) is 11.2 Å². The SMILES string of the molecule is CCCn1c(=O)c2c(nc(Oc3cccc(C(F)(F)F)c3)n2Cc2ccc(C(F)(F)F)nc2)n(C)c1=O. The van der Waals surface area contributed by atoms with Crippen molar-refractivity contribution >= 4 is 11.2 Å². The molecule has 0 aliphatic rings. The number of rotatable bonds is 6. The van der Waals surface area contributed by atoms with Gasteiger partial charge in [-0.25, -0.2) is 4.79 Å². The number of halogens is 6. The summed E-state index contributed by atoms with van der Waals surface area (Å²) in [6, 6.07) is 5.50. The van der Waals surface area contributed by atoms with Gasteiger partial charge in [-0.15, -0.1) is 0 Å². The van der Waals surface area contributed by atoms with Crippen molar-refractivity contribution in [3.8, 4) is 11.8 Å². The number of aromatic nitrogens is 5. The Morgan fingerprint density at radius 3 is 2.30 bits per heavy atom. The fourth-order valence-electron chi connectivity index (χ4n) is 3.71. The molecule has 0 radical (unpaired) electrons. The Balaban J connectivity index is 1.90. The van der Waals surface area contributed by atoms with Crippen LogP contribution in [0.2, 0.25) is 0 Å². The number of nitrogens with zero attached hydrogens (tertiary/aromatic N) is 5. The minimum atomic E-state index is -4.66. The van der Waals surface area contributed by atoms with Crippen LogP contribution in [0.3, 0.4) is 0 Å². The molecule has 0 unspecified atom stereocenters. The van der Waals surface area contributed by atoms with Crippen molar-refractivity contribution in [2.45, 2.75) is 38.8 Å². The molecule has 0 N–H and O–H groups in total. The first-order chi connectivity index (χ1) is 17.3. The lowest BCUT2D eigenvalue weighted by molar-refractivity contribution is -0.141. The third-order valence-corrected chi connectivity index (χ3v) is 5.47. The van der Waals surface area contributed by atoms with Crippen LogP contribution in [-0.4, -0.2) is 23.7 Å². The molecule has 3 heterocycles. The molecule has 37 heavy (non-hydrogen) atoms. The number of alkyl halides is 6. The number of pyridine rings is 1. The Bertz CT molecular complexity index is 1570. The molecule has 0 fully saturated rings. The number of benzene rings is 1. The zero-order valence-electron chi connectivity index (χ0n) is 19.4. The van der Waals surface area contributed by atoms with Crippen molar-refractivity contribution < 1.29 is 31.1 Å². The first-order valence-electron chi connectivity index (χ1n) is 10.9. The second kappa shape index (κ2) is 9.41. The molecule has 14 heteroatoms. The zero-order chi connectivity index (χ0) is 27.1. The van der Waals surface area contributed by atoms with E-state index in [0.29, 0.717) is 6.42 Å². The maximum absolute atomic E-state index is 13.3. The lowest BCUT2D eigenvalue weighted by atomic mass is 10.2. The van der Waals surface area contributed by atoms with E-state index in [1.165, 1.54) is 17.7 Å². The third-order valence-electron chi connectivity index (χ3n) is 5.47. The highest BCUT2D eigenvalue weighted by molar-refractivity contribution is 5.72. The Hall–Kier alpha value is -4.10. The molecular weight excluding hydrogens is 508 g/mol. The van der Waals surface area contributed by atoms with Crippen molar-refractivity contribution in [3.05, 3.63) is 80.3 Å². The Morgan fingerprint density at radius 2 is 1.70 bits per heavy atom. The predicted molar refractivity (Wildman–Crippen MR) is 119 cm³/mol. The highest BCUT2D eigenvalue weighted by atomic mass is 19.4. The molecule has 4 aromatic rings. The lowest BCUT2D eigenvalue weighted by Crippen LogP contribution is -2.39. The number of imidazole rings is 1. The topological polar surface area (TPSA) is 83.9 Å². The summed E-state index contributed by atoms with van der Waals surface area (Å²) in [6.45, 7) is 1.57. The van der Waals surface area contributed by atoms with Crippen LogP contribution in [0.1, 0.15) is 30.2 Å². The van der Waals surface area contributed by atoms with Gasteiger partial charge >= 0.3 is 24.1 Å². The average Bonchev–Trinajstić information content (AvgIpc) is 3.18. The summed E-state index contributed by atoms with van der Waals surface area (Å²) >= 11 is 0. The van der Waals surface area contributed by atoms with Gasteiger partial charge in [0.2, 0.25) is 0 Å². The van der Waals surface area contributed by atoms with E-state index in [4.69, 9.17) is 4.74 Å². The first-order valence-corrected chi connectivity index (χ1v) is 10.9. The van der Waals surface area contributed by atoms with Crippen LogP contribution in [0.15, 0.2) is 52.2 Å².